The van der Waals surface area contributed by atoms with Gasteiger partial charge in [-0.15, -0.1) is 0 Å². The second-order valence-corrected chi connectivity index (χ2v) is 7.62. The summed E-state index contributed by atoms with van der Waals surface area (Å²) in [5.74, 6) is -0.567. The van der Waals surface area contributed by atoms with E-state index in [0.717, 1.165) is 6.42 Å². The van der Waals surface area contributed by atoms with Gasteiger partial charge in [-0.2, -0.15) is 5.26 Å². The maximum absolute atomic E-state index is 12.2. The standard InChI is InChI=1S/C16H26N2O3/c1-15(2,3)7-8-18-12(10-21-16(4,5)6)13(19)11(9-17)14(18)20/h12,19H,7-8,10H2,1-6H3/t12-/m0/s1. The number of nitriles is 1. The van der Waals surface area contributed by atoms with Crippen molar-refractivity contribution in [2.24, 2.45) is 5.41 Å². The van der Waals surface area contributed by atoms with E-state index in [1.807, 2.05) is 20.8 Å². The molecule has 0 fully saturated rings. The van der Waals surface area contributed by atoms with Gasteiger partial charge >= 0.3 is 0 Å². The van der Waals surface area contributed by atoms with Crippen molar-refractivity contribution in [3.8, 4) is 6.07 Å². The molecule has 0 aromatic heterocycles. The summed E-state index contributed by atoms with van der Waals surface area (Å²) >= 11 is 0. The van der Waals surface area contributed by atoms with Gasteiger partial charge in [-0.05, 0) is 32.6 Å². The van der Waals surface area contributed by atoms with Crippen LogP contribution in [0.25, 0.3) is 0 Å². The smallest absolute Gasteiger partial charge is 0.268 e. The van der Waals surface area contributed by atoms with E-state index in [-0.39, 0.29) is 29.0 Å². The van der Waals surface area contributed by atoms with Gasteiger partial charge in [0.2, 0.25) is 0 Å². The number of carbonyl (C=O) groups is 1. The van der Waals surface area contributed by atoms with Crippen LogP contribution < -0.4 is 0 Å². The monoisotopic (exact) mass is 294 g/mol. The van der Waals surface area contributed by atoms with E-state index in [1.165, 1.54) is 0 Å². The van der Waals surface area contributed by atoms with E-state index in [2.05, 4.69) is 20.8 Å². The first-order chi connectivity index (χ1) is 9.46. The molecule has 0 aromatic carbocycles. The zero-order valence-corrected chi connectivity index (χ0v) is 13.9. The molecule has 1 atom stereocenters. The minimum absolute atomic E-state index is 0.0702. The van der Waals surface area contributed by atoms with Crippen LogP contribution in [0.2, 0.25) is 0 Å². The zero-order chi connectivity index (χ0) is 16.4. The first-order valence-corrected chi connectivity index (χ1v) is 7.24. The van der Waals surface area contributed by atoms with Gasteiger partial charge in [-0.25, -0.2) is 0 Å². The molecule has 1 heterocycles. The summed E-state index contributed by atoms with van der Waals surface area (Å²) in [5.41, 5.74) is -0.457. The molecular weight excluding hydrogens is 268 g/mol. The number of hydrogen-bond acceptors (Lipinski definition) is 4. The Labute approximate surface area is 127 Å². The number of rotatable bonds is 4. The molecule has 118 valence electrons. The van der Waals surface area contributed by atoms with Crippen molar-refractivity contribution < 1.29 is 14.6 Å². The lowest BCUT2D eigenvalue weighted by Crippen LogP contribution is -2.42. The zero-order valence-electron chi connectivity index (χ0n) is 13.9. The highest BCUT2D eigenvalue weighted by Crippen LogP contribution is 2.28. The molecule has 5 heteroatoms. The van der Waals surface area contributed by atoms with Gasteiger partial charge in [0.15, 0.2) is 5.57 Å². The fourth-order valence-electron chi connectivity index (χ4n) is 2.03. The maximum Gasteiger partial charge on any atom is 0.268 e. The number of carbonyl (C=O) groups excluding carboxylic acids is 1. The van der Waals surface area contributed by atoms with E-state index in [4.69, 9.17) is 10.00 Å². The van der Waals surface area contributed by atoms with Crippen molar-refractivity contribution >= 4 is 5.91 Å². The van der Waals surface area contributed by atoms with Crippen LogP contribution in [0.5, 0.6) is 0 Å². The number of aliphatic hydroxyl groups excluding tert-OH is 1. The molecule has 0 aromatic rings. The summed E-state index contributed by atoms with van der Waals surface area (Å²) in [5, 5.41) is 19.2. The van der Waals surface area contributed by atoms with Crippen LogP contribution in [0.4, 0.5) is 0 Å². The molecule has 1 amide bonds. The number of nitrogens with zero attached hydrogens (tertiary/aromatic N) is 2. The number of hydrogen-bond donors (Lipinski definition) is 1. The second kappa shape index (κ2) is 6.07. The lowest BCUT2D eigenvalue weighted by molar-refractivity contribution is -0.129. The third kappa shape index (κ3) is 4.75. The molecule has 21 heavy (non-hydrogen) atoms. The molecule has 5 nitrogen and oxygen atoms in total. The van der Waals surface area contributed by atoms with E-state index >= 15 is 0 Å². The summed E-state index contributed by atoms with van der Waals surface area (Å²) in [7, 11) is 0. The van der Waals surface area contributed by atoms with Gasteiger partial charge in [0.25, 0.3) is 5.91 Å². The molecule has 1 N–H and O–H groups in total. The van der Waals surface area contributed by atoms with Crippen molar-refractivity contribution in [1.82, 2.24) is 4.90 Å². The Morgan fingerprint density at radius 1 is 1.29 bits per heavy atom. The fraction of sp³-hybridized carbons (Fsp3) is 0.750. The minimum Gasteiger partial charge on any atom is -0.508 e. The van der Waals surface area contributed by atoms with E-state index in [9.17, 15) is 9.90 Å². The molecule has 0 unspecified atom stereocenters. The highest BCUT2D eigenvalue weighted by atomic mass is 16.5. The van der Waals surface area contributed by atoms with Crippen molar-refractivity contribution in [1.29, 1.82) is 5.26 Å². The predicted molar refractivity (Wildman–Crippen MR) is 80.5 cm³/mol. The van der Waals surface area contributed by atoms with E-state index in [0.29, 0.717) is 6.54 Å². The van der Waals surface area contributed by atoms with Crippen LogP contribution in [0, 0.1) is 16.7 Å². The van der Waals surface area contributed by atoms with Crippen LogP contribution in [0.15, 0.2) is 11.3 Å². The minimum atomic E-state index is -0.561. The summed E-state index contributed by atoms with van der Waals surface area (Å²) in [4.78, 5) is 13.8. The average molecular weight is 294 g/mol. The second-order valence-electron chi connectivity index (χ2n) is 7.62. The van der Waals surface area contributed by atoms with Crippen molar-refractivity contribution in [3.63, 3.8) is 0 Å². The van der Waals surface area contributed by atoms with E-state index in [1.54, 1.807) is 11.0 Å². The molecule has 0 spiro atoms. The molecule has 1 rings (SSSR count). The number of ether oxygens (including phenoxy) is 1. The topological polar surface area (TPSA) is 73.6 Å². The Hall–Kier alpha value is -1.54. The Kier molecular flexibility index (Phi) is 5.06. The molecule has 0 saturated carbocycles. The summed E-state index contributed by atoms with van der Waals surface area (Å²) in [6, 6.07) is 1.24. The maximum atomic E-state index is 12.2. The summed E-state index contributed by atoms with van der Waals surface area (Å²) < 4.78 is 5.69. The molecule has 0 saturated heterocycles. The first kappa shape index (κ1) is 17.5. The van der Waals surface area contributed by atoms with Crippen molar-refractivity contribution in [2.45, 2.75) is 59.6 Å². The number of aliphatic hydroxyl groups is 1. The molecule has 1 aliphatic rings. The third-order valence-electron chi connectivity index (χ3n) is 3.31. The van der Waals surface area contributed by atoms with Crippen LogP contribution >= 0.6 is 0 Å². The Morgan fingerprint density at radius 2 is 1.86 bits per heavy atom. The SMILES string of the molecule is CC(C)(C)CCN1C(=O)C(C#N)=C(O)[C@@H]1COC(C)(C)C. The average Bonchev–Trinajstić information content (AvgIpc) is 2.53. The van der Waals surface area contributed by atoms with Crippen molar-refractivity contribution in [3.05, 3.63) is 11.3 Å². The third-order valence-corrected chi connectivity index (χ3v) is 3.31. The Morgan fingerprint density at radius 3 is 2.29 bits per heavy atom. The van der Waals surface area contributed by atoms with Crippen LogP contribution in [0.1, 0.15) is 48.0 Å². The molecule has 0 aliphatic carbocycles. The quantitative estimate of drug-likeness (QED) is 0.865. The van der Waals surface area contributed by atoms with Gasteiger partial charge in [0, 0.05) is 6.54 Å². The van der Waals surface area contributed by atoms with Gasteiger partial charge in [-0.1, -0.05) is 20.8 Å². The predicted octanol–water partition coefficient (Wildman–Crippen LogP) is 2.78. The van der Waals surface area contributed by atoms with Crippen LogP contribution in [-0.2, 0) is 9.53 Å². The van der Waals surface area contributed by atoms with Crippen molar-refractivity contribution in [2.75, 3.05) is 13.2 Å². The van der Waals surface area contributed by atoms with E-state index < -0.39 is 11.9 Å². The lowest BCUT2D eigenvalue weighted by atomic mass is 9.92. The largest absolute Gasteiger partial charge is 0.508 e. The summed E-state index contributed by atoms with van der Waals surface area (Å²) in [6.07, 6.45) is 0.788. The van der Waals surface area contributed by atoms with Crippen LogP contribution in [-0.4, -0.2) is 40.7 Å². The van der Waals surface area contributed by atoms with Crippen LogP contribution in [0.3, 0.4) is 0 Å². The normalized spacial score (nSPS) is 20.1. The van der Waals surface area contributed by atoms with Gasteiger partial charge < -0.3 is 14.7 Å². The molecule has 1 aliphatic heterocycles. The molecule has 0 bridgehead atoms. The fourth-order valence-corrected chi connectivity index (χ4v) is 2.03. The van der Waals surface area contributed by atoms with Gasteiger partial charge in [0.05, 0.1) is 12.2 Å². The number of amides is 1. The van der Waals surface area contributed by atoms with Gasteiger partial charge in [-0.3, -0.25) is 4.79 Å². The van der Waals surface area contributed by atoms with Gasteiger partial charge in [0.1, 0.15) is 17.9 Å². The Balaban J connectivity index is 2.89. The first-order valence-electron chi connectivity index (χ1n) is 7.24. The lowest BCUT2D eigenvalue weighted by Gasteiger charge is -2.30. The Bertz CT molecular complexity index is 475. The molecular formula is C16H26N2O3. The summed E-state index contributed by atoms with van der Waals surface area (Å²) in [6.45, 7) is 12.7. The molecule has 0 radical (unpaired) electrons. The highest BCUT2D eigenvalue weighted by Gasteiger charge is 2.40. The highest BCUT2D eigenvalue weighted by molar-refractivity contribution is 6.00.